The van der Waals surface area contributed by atoms with E-state index < -0.39 is 0 Å². The van der Waals surface area contributed by atoms with Crippen LogP contribution >= 0.6 is 24.2 Å². The first-order valence-corrected chi connectivity index (χ1v) is 9.26. The first-order valence-electron chi connectivity index (χ1n) is 8.38. The van der Waals surface area contributed by atoms with Crippen LogP contribution in [0.25, 0.3) is 0 Å². The van der Waals surface area contributed by atoms with Crippen LogP contribution in [0, 0.1) is 5.92 Å². The third-order valence-electron chi connectivity index (χ3n) is 4.28. The number of carbonyl (C=O) groups is 1. The van der Waals surface area contributed by atoms with E-state index in [-0.39, 0.29) is 24.4 Å². The smallest absolute Gasteiger partial charge is 0.252 e. The molecular weight excluding hydrogens is 328 g/mol. The molecule has 1 aromatic carbocycles. The maximum atomic E-state index is 12.7. The molecule has 1 saturated carbocycles. The molecule has 1 unspecified atom stereocenters. The van der Waals surface area contributed by atoms with Crippen molar-refractivity contribution in [1.82, 2.24) is 5.32 Å². The molecule has 0 heterocycles. The van der Waals surface area contributed by atoms with Crippen LogP contribution in [-0.2, 0) is 0 Å². The van der Waals surface area contributed by atoms with E-state index in [1.165, 1.54) is 32.1 Å². The lowest BCUT2D eigenvalue weighted by atomic mass is 9.84. The number of benzene rings is 1. The number of nitrogens with two attached hydrogens (primary N) is 1. The Morgan fingerprint density at radius 3 is 2.52 bits per heavy atom. The van der Waals surface area contributed by atoms with Crippen LogP contribution in [0.2, 0.25) is 0 Å². The van der Waals surface area contributed by atoms with E-state index in [4.69, 9.17) is 5.73 Å². The Bertz CT molecular complexity index is 490. The summed E-state index contributed by atoms with van der Waals surface area (Å²) in [6, 6.07) is 7.96. The van der Waals surface area contributed by atoms with Crippen molar-refractivity contribution in [3.05, 3.63) is 29.8 Å². The van der Waals surface area contributed by atoms with Gasteiger partial charge >= 0.3 is 0 Å². The predicted octanol–water partition coefficient (Wildman–Crippen LogP) is 4.25. The summed E-state index contributed by atoms with van der Waals surface area (Å²) in [5.74, 6) is 0.553. The fourth-order valence-corrected chi connectivity index (χ4v) is 4.12. The van der Waals surface area contributed by atoms with E-state index in [2.05, 4.69) is 19.2 Å². The highest BCUT2D eigenvalue weighted by molar-refractivity contribution is 8.00. The Labute approximate surface area is 150 Å². The number of amides is 1. The van der Waals surface area contributed by atoms with Crippen LogP contribution in [0.5, 0.6) is 0 Å². The van der Waals surface area contributed by atoms with Gasteiger partial charge in [0.2, 0.25) is 0 Å². The van der Waals surface area contributed by atoms with E-state index >= 15 is 0 Å². The van der Waals surface area contributed by atoms with E-state index in [1.807, 2.05) is 24.3 Å². The van der Waals surface area contributed by atoms with Crippen molar-refractivity contribution in [2.24, 2.45) is 11.7 Å². The van der Waals surface area contributed by atoms with Gasteiger partial charge in [-0.2, -0.15) is 0 Å². The molecule has 0 spiro atoms. The topological polar surface area (TPSA) is 55.1 Å². The molecule has 1 atom stereocenters. The molecule has 3 N–H and O–H groups in total. The maximum Gasteiger partial charge on any atom is 0.252 e. The Hall–Kier alpha value is -0.710. The first kappa shape index (κ1) is 20.3. The van der Waals surface area contributed by atoms with Crippen LogP contribution in [0.3, 0.4) is 0 Å². The van der Waals surface area contributed by atoms with Crippen molar-refractivity contribution in [2.75, 3.05) is 6.54 Å². The lowest BCUT2D eigenvalue weighted by Gasteiger charge is -2.30. The average molecular weight is 357 g/mol. The predicted molar refractivity (Wildman–Crippen MR) is 102 cm³/mol. The summed E-state index contributed by atoms with van der Waals surface area (Å²) in [6.45, 7) is 4.81. The summed E-state index contributed by atoms with van der Waals surface area (Å²) in [4.78, 5) is 13.7. The fourth-order valence-electron chi connectivity index (χ4n) is 3.16. The largest absolute Gasteiger partial charge is 0.348 e. The number of hydrogen-bond acceptors (Lipinski definition) is 3. The number of nitrogens with one attached hydrogen (secondary N) is 1. The summed E-state index contributed by atoms with van der Waals surface area (Å²) in [6.07, 6.45) is 6.21. The van der Waals surface area contributed by atoms with Crippen LogP contribution in [0.1, 0.15) is 56.3 Å². The van der Waals surface area contributed by atoms with Gasteiger partial charge in [-0.3, -0.25) is 4.79 Å². The molecule has 0 aromatic heterocycles. The van der Waals surface area contributed by atoms with Gasteiger partial charge in [-0.1, -0.05) is 45.2 Å². The summed E-state index contributed by atoms with van der Waals surface area (Å²) in [5.41, 5.74) is 6.70. The minimum absolute atomic E-state index is 0. The second-order valence-electron chi connectivity index (χ2n) is 6.38. The van der Waals surface area contributed by atoms with E-state index in [9.17, 15) is 4.79 Å². The molecule has 130 valence electrons. The number of halogens is 1. The second-order valence-corrected chi connectivity index (χ2v) is 7.99. The van der Waals surface area contributed by atoms with Gasteiger partial charge in [0.25, 0.3) is 5.91 Å². The highest BCUT2D eigenvalue weighted by atomic mass is 35.5. The Balaban J connectivity index is 0.00000264. The molecule has 1 aliphatic rings. The van der Waals surface area contributed by atoms with Gasteiger partial charge in [0, 0.05) is 22.7 Å². The summed E-state index contributed by atoms with van der Waals surface area (Å²) in [7, 11) is 0. The molecule has 0 bridgehead atoms. The first-order chi connectivity index (χ1) is 10.6. The minimum Gasteiger partial charge on any atom is -0.348 e. The molecule has 2 rings (SSSR count). The van der Waals surface area contributed by atoms with Crippen LogP contribution in [-0.4, -0.2) is 23.7 Å². The normalized spacial score (nSPS) is 16.7. The number of thioether (sulfide) groups is 1. The molecule has 0 radical (unpaired) electrons. The quantitative estimate of drug-likeness (QED) is 0.749. The van der Waals surface area contributed by atoms with Gasteiger partial charge in [0.15, 0.2) is 0 Å². The average Bonchev–Trinajstić information content (AvgIpc) is 2.53. The maximum absolute atomic E-state index is 12.7. The van der Waals surface area contributed by atoms with Crippen LogP contribution in [0.4, 0.5) is 0 Å². The summed E-state index contributed by atoms with van der Waals surface area (Å²) >= 11 is 1.73. The van der Waals surface area contributed by atoms with Gasteiger partial charge in [-0.05, 0) is 30.9 Å². The molecule has 3 nitrogen and oxygen atoms in total. The van der Waals surface area contributed by atoms with Gasteiger partial charge in [-0.15, -0.1) is 24.2 Å². The number of carbonyl (C=O) groups excluding carboxylic acids is 1. The van der Waals surface area contributed by atoms with Gasteiger partial charge < -0.3 is 11.1 Å². The van der Waals surface area contributed by atoms with Crippen molar-refractivity contribution in [1.29, 1.82) is 0 Å². The molecule has 23 heavy (non-hydrogen) atoms. The fraction of sp³-hybridized carbons (Fsp3) is 0.611. The standard InChI is InChI=1S/C18H28N2OS.ClH/c1-13(2)22-17-11-7-6-10-15(17)18(21)20-16(12-19)14-8-4-3-5-9-14;/h6-7,10-11,13-14,16H,3-5,8-9,12,19H2,1-2H3,(H,20,21);1H. The zero-order valence-corrected chi connectivity index (χ0v) is 15.7. The number of hydrogen-bond donors (Lipinski definition) is 2. The highest BCUT2D eigenvalue weighted by Crippen LogP contribution is 2.28. The van der Waals surface area contributed by atoms with Gasteiger partial charge in [-0.25, -0.2) is 0 Å². The molecule has 5 heteroatoms. The molecule has 0 aliphatic heterocycles. The molecule has 1 amide bonds. The third kappa shape index (κ3) is 6.02. The summed E-state index contributed by atoms with van der Waals surface area (Å²) < 4.78 is 0. The van der Waals surface area contributed by atoms with Crippen LogP contribution < -0.4 is 11.1 Å². The van der Waals surface area contributed by atoms with Crippen molar-refractivity contribution in [3.63, 3.8) is 0 Å². The van der Waals surface area contributed by atoms with Crippen molar-refractivity contribution >= 4 is 30.1 Å². The lowest BCUT2D eigenvalue weighted by Crippen LogP contribution is -2.46. The Kier molecular flexibility index (Phi) is 9.03. The SMILES string of the molecule is CC(C)Sc1ccccc1C(=O)NC(CN)C1CCCCC1.Cl. The number of rotatable bonds is 6. The van der Waals surface area contributed by atoms with Crippen molar-refractivity contribution in [3.8, 4) is 0 Å². The van der Waals surface area contributed by atoms with E-state index in [0.29, 0.717) is 17.7 Å². The summed E-state index contributed by atoms with van der Waals surface area (Å²) in [5, 5.41) is 3.65. The molecule has 1 fully saturated rings. The Morgan fingerprint density at radius 1 is 1.26 bits per heavy atom. The van der Waals surface area contributed by atoms with Crippen molar-refractivity contribution < 1.29 is 4.79 Å². The van der Waals surface area contributed by atoms with Gasteiger partial charge in [0.05, 0.1) is 5.56 Å². The molecular formula is C18H29ClN2OS. The second kappa shape index (κ2) is 10.2. The molecule has 1 aromatic rings. The highest BCUT2D eigenvalue weighted by Gasteiger charge is 2.25. The third-order valence-corrected chi connectivity index (χ3v) is 5.36. The Morgan fingerprint density at radius 2 is 1.91 bits per heavy atom. The zero-order chi connectivity index (χ0) is 15.9. The monoisotopic (exact) mass is 356 g/mol. The van der Waals surface area contributed by atoms with Crippen LogP contribution in [0.15, 0.2) is 29.2 Å². The lowest BCUT2D eigenvalue weighted by molar-refractivity contribution is 0.0912. The minimum atomic E-state index is 0. The zero-order valence-electron chi connectivity index (χ0n) is 14.1. The molecule has 1 aliphatic carbocycles. The van der Waals surface area contributed by atoms with Gasteiger partial charge in [0.1, 0.15) is 0 Å². The van der Waals surface area contributed by atoms with Crippen molar-refractivity contribution in [2.45, 2.75) is 62.1 Å². The van der Waals surface area contributed by atoms with E-state index in [0.717, 1.165) is 10.5 Å². The molecule has 0 saturated heterocycles. The van der Waals surface area contributed by atoms with E-state index in [1.54, 1.807) is 11.8 Å².